The molecule has 0 bridgehead atoms. The lowest BCUT2D eigenvalue weighted by Gasteiger charge is -2.36. The lowest BCUT2D eigenvalue weighted by Crippen LogP contribution is -2.49. The fraction of sp³-hybridized carbons (Fsp3) is 0.393. The van der Waals surface area contributed by atoms with Crippen LogP contribution in [0.15, 0.2) is 54.6 Å². The first kappa shape index (κ1) is 22.4. The minimum absolute atomic E-state index is 0.108. The van der Waals surface area contributed by atoms with Crippen LogP contribution in [0.25, 0.3) is 0 Å². The van der Waals surface area contributed by atoms with E-state index in [1.165, 1.54) is 16.8 Å². The molecule has 176 valence electrons. The zero-order valence-corrected chi connectivity index (χ0v) is 20.4. The number of rotatable bonds is 4. The lowest BCUT2D eigenvalue weighted by molar-refractivity contribution is 0.0746. The summed E-state index contributed by atoms with van der Waals surface area (Å²) in [7, 11) is 0. The molecule has 0 spiro atoms. The maximum absolute atomic E-state index is 13.2. The number of nitrogens with zero attached hydrogens (tertiary/aromatic N) is 5. The van der Waals surface area contributed by atoms with Gasteiger partial charge in [-0.25, -0.2) is 9.97 Å². The second kappa shape index (κ2) is 9.45. The predicted octanol–water partition coefficient (Wildman–Crippen LogP) is 4.43. The third-order valence-corrected chi connectivity index (χ3v) is 6.88. The van der Waals surface area contributed by atoms with Crippen molar-refractivity contribution in [3.05, 3.63) is 82.8 Å². The van der Waals surface area contributed by atoms with E-state index < -0.39 is 0 Å². The van der Waals surface area contributed by atoms with E-state index in [4.69, 9.17) is 4.98 Å². The van der Waals surface area contributed by atoms with Crippen molar-refractivity contribution < 1.29 is 4.79 Å². The molecule has 1 amide bonds. The van der Waals surface area contributed by atoms with E-state index in [1.807, 2.05) is 30.0 Å². The molecule has 6 heteroatoms. The quantitative estimate of drug-likeness (QED) is 0.582. The minimum atomic E-state index is 0.108. The number of aromatic nitrogens is 2. The SMILES string of the molecule is Cc1cc(N2CCN(C(=O)c3ccc(N4CCc5ccccc5C4)cc3)CC2)nc(C(C)C)n1. The van der Waals surface area contributed by atoms with Gasteiger partial charge in [0.2, 0.25) is 0 Å². The summed E-state index contributed by atoms with van der Waals surface area (Å²) in [5.41, 5.74) is 5.77. The lowest BCUT2D eigenvalue weighted by atomic mass is 9.99. The van der Waals surface area contributed by atoms with Crippen LogP contribution < -0.4 is 9.80 Å². The molecule has 0 aliphatic carbocycles. The van der Waals surface area contributed by atoms with E-state index >= 15 is 0 Å². The smallest absolute Gasteiger partial charge is 0.253 e. The Bertz CT molecular complexity index is 1170. The highest BCUT2D eigenvalue weighted by Crippen LogP contribution is 2.25. The van der Waals surface area contributed by atoms with Gasteiger partial charge in [-0.15, -0.1) is 0 Å². The third kappa shape index (κ3) is 4.63. The van der Waals surface area contributed by atoms with E-state index in [9.17, 15) is 4.79 Å². The number of benzene rings is 2. The van der Waals surface area contributed by atoms with E-state index in [1.54, 1.807) is 0 Å². The average Bonchev–Trinajstić information content (AvgIpc) is 2.88. The molecule has 0 saturated carbocycles. The number of amides is 1. The Balaban J connectivity index is 1.21. The van der Waals surface area contributed by atoms with Crippen LogP contribution in [0.5, 0.6) is 0 Å². The zero-order chi connectivity index (χ0) is 23.7. The number of piperazine rings is 1. The van der Waals surface area contributed by atoms with Crippen LogP contribution >= 0.6 is 0 Å². The highest BCUT2D eigenvalue weighted by molar-refractivity contribution is 5.94. The van der Waals surface area contributed by atoms with Gasteiger partial charge < -0.3 is 14.7 Å². The summed E-state index contributed by atoms with van der Waals surface area (Å²) >= 11 is 0. The van der Waals surface area contributed by atoms with Crippen LogP contribution in [0.4, 0.5) is 11.5 Å². The largest absolute Gasteiger partial charge is 0.367 e. The third-order valence-electron chi connectivity index (χ3n) is 6.88. The molecule has 0 atom stereocenters. The van der Waals surface area contributed by atoms with Crippen molar-refractivity contribution in [1.82, 2.24) is 14.9 Å². The fourth-order valence-corrected chi connectivity index (χ4v) is 4.85. The van der Waals surface area contributed by atoms with Gasteiger partial charge in [-0.2, -0.15) is 0 Å². The molecule has 2 aliphatic rings. The molecular weight excluding hydrogens is 422 g/mol. The van der Waals surface area contributed by atoms with E-state index in [0.29, 0.717) is 19.0 Å². The molecule has 34 heavy (non-hydrogen) atoms. The molecular formula is C28H33N5O. The molecule has 1 fully saturated rings. The van der Waals surface area contributed by atoms with Crippen molar-refractivity contribution in [1.29, 1.82) is 0 Å². The molecule has 5 rings (SSSR count). The maximum Gasteiger partial charge on any atom is 0.253 e. The standard InChI is InChI=1S/C28H33N5O/c1-20(2)27-29-21(3)18-26(30-27)31-14-16-32(17-15-31)28(34)23-8-10-25(11-9-23)33-13-12-22-6-4-5-7-24(22)19-33/h4-11,18,20H,12-17,19H2,1-3H3. The van der Waals surface area contributed by atoms with Crippen LogP contribution in [0, 0.1) is 6.92 Å². The summed E-state index contributed by atoms with van der Waals surface area (Å²) in [6, 6.07) is 18.9. The van der Waals surface area contributed by atoms with Crippen molar-refractivity contribution in [3.63, 3.8) is 0 Å². The molecule has 2 aromatic carbocycles. The van der Waals surface area contributed by atoms with Crippen molar-refractivity contribution in [2.75, 3.05) is 42.5 Å². The number of aryl methyl sites for hydroxylation is 1. The summed E-state index contributed by atoms with van der Waals surface area (Å²) < 4.78 is 0. The Hall–Kier alpha value is -3.41. The van der Waals surface area contributed by atoms with Crippen LogP contribution in [0.3, 0.4) is 0 Å². The summed E-state index contributed by atoms with van der Waals surface area (Å²) in [5, 5.41) is 0. The topological polar surface area (TPSA) is 52.6 Å². The predicted molar refractivity (Wildman–Crippen MR) is 137 cm³/mol. The first-order valence-corrected chi connectivity index (χ1v) is 12.3. The second-order valence-corrected chi connectivity index (χ2v) is 9.65. The Morgan fingerprint density at radius 1 is 0.853 bits per heavy atom. The van der Waals surface area contributed by atoms with Crippen LogP contribution in [0.1, 0.15) is 52.8 Å². The van der Waals surface area contributed by atoms with Crippen LogP contribution in [-0.4, -0.2) is 53.5 Å². The van der Waals surface area contributed by atoms with E-state index in [0.717, 1.165) is 55.5 Å². The van der Waals surface area contributed by atoms with Crippen LogP contribution in [0.2, 0.25) is 0 Å². The van der Waals surface area contributed by atoms with Crippen molar-refractivity contribution in [2.45, 2.75) is 39.7 Å². The molecule has 1 aromatic heterocycles. The first-order valence-electron chi connectivity index (χ1n) is 12.3. The van der Waals surface area contributed by atoms with Gasteiger partial charge in [0.25, 0.3) is 5.91 Å². The second-order valence-electron chi connectivity index (χ2n) is 9.65. The Morgan fingerprint density at radius 2 is 1.56 bits per heavy atom. The highest BCUT2D eigenvalue weighted by Gasteiger charge is 2.24. The van der Waals surface area contributed by atoms with Gasteiger partial charge in [-0.1, -0.05) is 38.1 Å². The summed E-state index contributed by atoms with van der Waals surface area (Å²) in [5.74, 6) is 2.25. The summed E-state index contributed by atoms with van der Waals surface area (Å²) in [4.78, 5) is 29.1. The Kier molecular flexibility index (Phi) is 6.22. The molecule has 0 unspecified atom stereocenters. The monoisotopic (exact) mass is 455 g/mol. The molecule has 0 N–H and O–H groups in total. The number of fused-ring (bicyclic) bond motifs is 1. The van der Waals surface area contributed by atoms with Gasteiger partial charge in [0.15, 0.2) is 0 Å². The van der Waals surface area contributed by atoms with Gasteiger partial charge >= 0.3 is 0 Å². The number of hydrogen-bond donors (Lipinski definition) is 0. The molecule has 3 aromatic rings. The van der Waals surface area contributed by atoms with Crippen molar-refractivity contribution in [2.24, 2.45) is 0 Å². The fourth-order valence-electron chi connectivity index (χ4n) is 4.85. The number of hydrogen-bond acceptors (Lipinski definition) is 5. The molecule has 1 saturated heterocycles. The summed E-state index contributed by atoms with van der Waals surface area (Å²) in [6.07, 6.45) is 1.06. The minimum Gasteiger partial charge on any atom is -0.367 e. The first-order chi connectivity index (χ1) is 16.5. The Morgan fingerprint density at radius 3 is 2.26 bits per heavy atom. The maximum atomic E-state index is 13.2. The van der Waals surface area contributed by atoms with Gasteiger partial charge in [-0.3, -0.25) is 4.79 Å². The van der Waals surface area contributed by atoms with Gasteiger partial charge in [0.05, 0.1) is 0 Å². The van der Waals surface area contributed by atoms with Gasteiger partial charge in [-0.05, 0) is 48.7 Å². The van der Waals surface area contributed by atoms with Crippen molar-refractivity contribution in [3.8, 4) is 0 Å². The van der Waals surface area contributed by atoms with Gasteiger partial charge in [0, 0.05) is 68.2 Å². The van der Waals surface area contributed by atoms with Crippen LogP contribution in [-0.2, 0) is 13.0 Å². The molecule has 0 radical (unpaired) electrons. The number of anilines is 2. The Labute approximate surface area is 202 Å². The molecule has 3 heterocycles. The van der Waals surface area contributed by atoms with Gasteiger partial charge in [0.1, 0.15) is 11.6 Å². The molecule has 6 nitrogen and oxygen atoms in total. The van der Waals surface area contributed by atoms with E-state index in [-0.39, 0.29) is 5.91 Å². The molecule has 2 aliphatic heterocycles. The number of carbonyl (C=O) groups excluding carboxylic acids is 1. The highest BCUT2D eigenvalue weighted by atomic mass is 16.2. The normalized spacial score (nSPS) is 16.1. The van der Waals surface area contributed by atoms with E-state index in [2.05, 4.69) is 65.0 Å². The number of carbonyl (C=O) groups is 1. The zero-order valence-electron chi connectivity index (χ0n) is 20.4. The summed E-state index contributed by atoms with van der Waals surface area (Å²) in [6.45, 7) is 11.1. The van der Waals surface area contributed by atoms with Crippen molar-refractivity contribution >= 4 is 17.4 Å². The average molecular weight is 456 g/mol.